The van der Waals surface area contributed by atoms with E-state index in [0.717, 1.165) is 0 Å². The van der Waals surface area contributed by atoms with Crippen LogP contribution in [-0.2, 0) is 9.53 Å². The van der Waals surface area contributed by atoms with Crippen molar-refractivity contribution in [1.29, 1.82) is 0 Å². The highest BCUT2D eigenvalue weighted by Gasteiger charge is 2.18. The first kappa shape index (κ1) is 14.5. The van der Waals surface area contributed by atoms with Crippen molar-refractivity contribution < 1.29 is 18.7 Å². The molecular weight excluding hydrogens is 263 g/mol. The van der Waals surface area contributed by atoms with Crippen LogP contribution in [0.25, 0.3) is 0 Å². The van der Waals surface area contributed by atoms with E-state index >= 15 is 0 Å². The number of rotatable bonds is 4. The molecule has 1 aliphatic rings. The maximum atomic E-state index is 13.6. The van der Waals surface area contributed by atoms with Gasteiger partial charge in [0, 0.05) is 18.8 Å². The van der Waals surface area contributed by atoms with Gasteiger partial charge in [-0.1, -0.05) is 6.07 Å². The fraction of sp³-hybridized carbons (Fsp3) is 0.429. The number of morpholine rings is 1. The predicted molar refractivity (Wildman–Crippen MR) is 72.3 cm³/mol. The largest absolute Gasteiger partial charge is 0.378 e. The van der Waals surface area contributed by atoms with E-state index in [1.165, 1.54) is 19.1 Å². The van der Waals surface area contributed by atoms with Crippen LogP contribution in [0, 0.1) is 5.82 Å². The molecule has 1 aliphatic heterocycles. The monoisotopic (exact) mass is 280 g/mol. The average molecular weight is 280 g/mol. The van der Waals surface area contributed by atoms with Crippen molar-refractivity contribution in [2.45, 2.75) is 6.92 Å². The first-order valence-electron chi connectivity index (χ1n) is 6.48. The Morgan fingerprint density at radius 3 is 2.70 bits per heavy atom. The Labute approximate surface area is 116 Å². The molecule has 2 rings (SSSR count). The zero-order chi connectivity index (χ0) is 14.5. The first-order valence-corrected chi connectivity index (χ1v) is 6.48. The maximum absolute atomic E-state index is 13.6. The van der Waals surface area contributed by atoms with E-state index in [4.69, 9.17) is 4.74 Å². The van der Waals surface area contributed by atoms with Crippen LogP contribution in [0.5, 0.6) is 0 Å². The quantitative estimate of drug-likeness (QED) is 0.845. The van der Waals surface area contributed by atoms with E-state index in [1.54, 1.807) is 11.0 Å². The van der Waals surface area contributed by atoms with Crippen LogP contribution in [0.4, 0.5) is 10.1 Å². The number of carbonyl (C=O) groups is 2. The number of Topliss-reactive ketones (excluding diaryl/α,β-unsaturated/α-hetero) is 1. The maximum Gasteiger partial charge on any atom is 0.242 e. The van der Waals surface area contributed by atoms with Gasteiger partial charge in [0.2, 0.25) is 5.91 Å². The number of ketones is 1. The third kappa shape index (κ3) is 3.33. The normalized spacial score (nSPS) is 15.0. The minimum absolute atomic E-state index is 0.0118. The van der Waals surface area contributed by atoms with E-state index in [1.807, 2.05) is 0 Å². The highest BCUT2D eigenvalue weighted by atomic mass is 19.1. The summed E-state index contributed by atoms with van der Waals surface area (Å²) in [4.78, 5) is 25.1. The molecule has 1 aromatic rings. The van der Waals surface area contributed by atoms with Crippen molar-refractivity contribution in [2.24, 2.45) is 0 Å². The van der Waals surface area contributed by atoms with Crippen molar-refractivity contribution >= 4 is 17.4 Å². The summed E-state index contributed by atoms with van der Waals surface area (Å²) < 4.78 is 18.8. The molecule has 0 aliphatic carbocycles. The molecule has 1 heterocycles. The number of hydrogen-bond donors (Lipinski definition) is 1. The number of anilines is 1. The van der Waals surface area contributed by atoms with E-state index in [2.05, 4.69) is 5.32 Å². The standard InChI is InChI=1S/C14H17FN2O3/c1-10(18)14-11(15)3-2-4-12(14)16-9-13(19)17-5-7-20-8-6-17/h2-4,16H,5-9H2,1H3. The van der Waals surface area contributed by atoms with Gasteiger partial charge in [-0.05, 0) is 19.1 Å². The molecule has 108 valence electrons. The lowest BCUT2D eigenvalue weighted by atomic mass is 10.1. The average Bonchev–Trinajstić information content (AvgIpc) is 2.45. The number of hydrogen-bond acceptors (Lipinski definition) is 4. The Morgan fingerprint density at radius 2 is 2.05 bits per heavy atom. The highest BCUT2D eigenvalue weighted by molar-refractivity contribution is 6.00. The second-order valence-electron chi connectivity index (χ2n) is 4.57. The van der Waals surface area contributed by atoms with Gasteiger partial charge < -0.3 is 15.0 Å². The number of nitrogens with zero attached hydrogens (tertiary/aromatic N) is 1. The van der Waals surface area contributed by atoms with Gasteiger partial charge in [0.1, 0.15) is 5.82 Å². The number of carbonyl (C=O) groups excluding carboxylic acids is 2. The van der Waals surface area contributed by atoms with Crippen molar-refractivity contribution in [3.63, 3.8) is 0 Å². The number of halogens is 1. The minimum Gasteiger partial charge on any atom is -0.378 e. The smallest absolute Gasteiger partial charge is 0.242 e. The predicted octanol–water partition coefficient (Wildman–Crippen LogP) is 1.30. The van der Waals surface area contributed by atoms with Crippen LogP contribution in [0.15, 0.2) is 18.2 Å². The number of ether oxygens (including phenoxy) is 1. The molecular formula is C14H17FN2O3. The molecule has 1 amide bonds. The lowest BCUT2D eigenvalue weighted by Crippen LogP contribution is -2.43. The van der Waals surface area contributed by atoms with Gasteiger partial charge in [-0.25, -0.2) is 4.39 Å². The highest BCUT2D eigenvalue weighted by Crippen LogP contribution is 2.19. The molecule has 5 nitrogen and oxygen atoms in total. The lowest BCUT2D eigenvalue weighted by molar-refractivity contribution is -0.133. The molecule has 20 heavy (non-hydrogen) atoms. The number of benzene rings is 1. The van der Waals surface area contributed by atoms with Crippen LogP contribution in [0.2, 0.25) is 0 Å². The van der Waals surface area contributed by atoms with Crippen LogP contribution < -0.4 is 5.32 Å². The van der Waals surface area contributed by atoms with Gasteiger partial charge in [-0.2, -0.15) is 0 Å². The topological polar surface area (TPSA) is 58.6 Å². The summed E-state index contributed by atoms with van der Waals surface area (Å²) >= 11 is 0. The van der Waals surface area contributed by atoms with Crippen LogP contribution in [0.3, 0.4) is 0 Å². The lowest BCUT2D eigenvalue weighted by Gasteiger charge is -2.27. The zero-order valence-corrected chi connectivity index (χ0v) is 11.3. The van der Waals surface area contributed by atoms with Gasteiger partial charge in [-0.3, -0.25) is 9.59 Å². The minimum atomic E-state index is -0.582. The Hall–Kier alpha value is -1.95. The Kier molecular flexibility index (Phi) is 4.68. The van der Waals surface area contributed by atoms with Crippen LogP contribution in [-0.4, -0.2) is 49.4 Å². The molecule has 1 aromatic carbocycles. The summed E-state index contributed by atoms with van der Waals surface area (Å²) in [6.07, 6.45) is 0. The molecule has 1 fully saturated rings. The Balaban J connectivity index is 2.02. The Bertz CT molecular complexity index is 513. The van der Waals surface area contributed by atoms with Gasteiger partial charge in [-0.15, -0.1) is 0 Å². The summed E-state index contributed by atoms with van der Waals surface area (Å²) in [6.45, 7) is 3.51. The van der Waals surface area contributed by atoms with Gasteiger partial charge in [0.15, 0.2) is 5.78 Å². The number of amides is 1. The second-order valence-corrected chi connectivity index (χ2v) is 4.57. The summed E-state index contributed by atoms with van der Waals surface area (Å²) in [7, 11) is 0. The second kappa shape index (κ2) is 6.47. The fourth-order valence-corrected chi connectivity index (χ4v) is 2.12. The summed E-state index contributed by atoms with van der Waals surface area (Å²) in [6, 6.07) is 4.32. The molecule has 0 atom stereocenters. The van der Waals surface area contributed by atoms with E-state index < -0.39 is 5.82 Å². The molecule has 0 aromatic heterocycles. The van der Waals surface area contributed by atoms with Crippen molar-refractivity contribution in [3.05, 3.63) is 29.6 Å². The van der Waals surface area contributed by atoms with Crippen molar-refractivity contribution in [3.8, 4) is 0 Å². The number of nitrogens with one attached hydrogen (secondary N) is 1. The van der Waals surface area contributed by atoms with E-state index in [0.29, 0.717) is 32.0 Å². The zero-order valence-electron chi connectivity index (χ0n) is 11.3. The third-order valence-electron chi connectivity index (χ3n) is 3.16. The Morgan fingerprint density at radius 1 is 1.35 bits per heavy atom. The third-order valence-corrected chi connectivity index (χ3v) is 3.16. The molecule has 0 radical (unpaired) electrons. The molecule has 0 saturated carbocycles. The molecule has 0 spiro atoms. The van der Waals surface area contributed by atoms with Crippen molar-refractivity contribution in [2.75, 3.05) is 38.2 Å². The van der Waals surface area contributed by atoms with Crippen molar-refractivity contribution in [1.82, 2.24) is 4.90 Å². The molecule has 6 heteroatoms. The van der Waals surface area contributed by atoms with E-state index in [9.17, 15) is 14.0 Å². The van der Waals surface area contributed by atoms with Gasteiger partial charge in [0.05, 0.1) is 25.3 Å². The van der Waals surface area contributed by atoms with Crippen LogP contribution in [0.1, 0.15) is 17.3 Å². The van der Waals surface area contributed by atoms with E-state index in [-0.39, 0.29) is 23.8 Å². The SMILES string of the molecule is CC(=O)c1c(F)cccc1NCC(=O)N1CCOCC1. The summed E-state index contributed by atoms with van der Waals surface area (Å²) in [5, 5.41) is 2.84. The van der Waals surface area contributed by atoms with Gasteiger partial charge in [0.25, 0.3) is 0 Å². The van der Waals surface area contributed by atoms with Gasteiger partial charge >= 0.3 is 0 Å². The van der Waals surface area contributed by atoms with Crippen LogP contribution >= 0.6 is 0 Å². The molecule has 0 bridgehead atoms. The summed E-state index contributed by atoms with van der Waals surface area (Å²) in [5.74, 6) is -1.04. The molecule has 1 N–H and O–H groups in total. The first-order chi connectivity index (χ1) is 9.59. The molecule has 0 unspecified atom stereocenters. The fourth-order valence-electron chi connectivity index (χ4n) is 2.12. The summed E-state index contributed by atoms with van der Waals surface area (Å²) in [5.41, 5.74) is 0.335. The molecule has 1 saturated heterocycles.